The predicted octanol–water partition coefficient (Wildman–Crippen LogP) is 3.66. The second kappa shape index (κ2) is 7.74. The third kappa shape index (κ3) is 4.58. The SMILES string of the molecule is Cc1ccc(S(=O)(=O)N=[Se](=O)(c2ccccc2)c2ccc(C(F)(F)F)cc2)cc1. The van der Waals surface area contributed by atoms with Crippen molar-refractivity contribution < 1.29 is 25.4 Å². The maximum absolute atomic E-state index is 13.9. The minimum atomic E-state index is -4.73. The first-order chi connectivity index (χ1) is 13.5. The Morgan fingerprint density at radius 1 is 0.793 bits per heavy atom. The molecule has 0 aromatic heterocycles. The van der Waals surface area contributed by atoms with Crippen LogP contribution in [-0.4, -0.2) is 21.0 Å². The Hall–Kier alpha value is -2.48. The van der Waals surface area contributed by atoms with Crippen LogP contribution in [0.5, 0.6) is 0 Å². The van der Waals surface area contributed by atoms with Gasteiger partial charge in [0.25, 0.3) is 0 Å². The van der Waals surface area contributed by atoms with Crippen molar-refractivity contribution in [1.82, 2.24) is 0 Å². The fourth-order valence-electron chi connectivity index (χ4n) is 2.55. The summed E-state index contributed by atoms with van der Waals surface area (Å²) in [5.41, 5.74) is -0.0861. The Morgan fingerprint density at radius 2 is 1.31 bits per heavy atom. The van der Waals surface area contributed by atoms with Gasteiger partial charge in [-0.1, -0.05) is 0 Å². The Bertz CT molecular complexity index is 1230. The summed E-state index contributed by atoms with van der Waals surface area (Å²) in [5.74, 6) is 0. The van der Waals surface area contributed by atoms with Crippen LogP contribution in [0, 0.1) is 6.92 Å². The summed E-state index contributed by atoms with van der Waals surface area (Å²) in [6.07, 6.45) is -4.56. The minimum absolute atomic E-state index is 0.0591. The second-order valence-corrected chi connectivity index (χ2v) is 12.9. The topological polar surface area (TPSA) is 63.6 Å². The van der Waals surface area contributed by atoms with Crippen molar-refractivity contribution in [3.63, 3.8) is 0 Å². The number of alkyl halides is 3. The van der Waals surface area contributed by atoms with Gasteiger partial charge in [-0.2, -0.15) is 0 Å². The van der Waals surface area contributed by atoms with Gasteiger partial charge >= 0.3 is 168 Å². The van der Waals surface area contributed by atoms with E-state index in [0.29, 0.717) is 0 Å². The van der Waals surface area contributed by atoms with E-state index in [9.17, 15) is 25.4 Å². The zero-order valence-electron chi connectivity index (χ0n) is 15.1. The maximum atomic E-state index is 13.9. The van der Waals surface area contributed by atoms with Crippen LogP contribution in [0.1, 0.15) is 11.1 Å². The van der Waals surface area contributed by atoms with Crippen LogP contribution >= 0.6 is 0 Å². The third-order valence-electron chi connectivity index (χ3n) is 4.09. The summed E-state index contributed by atoms with van der Waals surface area (Å²) in [5, 5.41) is 0. The van der Waals surface area contributed by atoms with Gasteiger partial charge in [-0.15, -0.1) is 0 Å². The van der Waals surface area contributed by atoms with E-state index >= 15 is 0 Å². The van der Waals surface area contributed by atoms with Gasteiger partial charge in [0.15, 0.2) is 0 Å². The molecule has 0 N–H and O–H groups in total. The van der Waals surface area contributed by atoms with Crippen molar-refractivity contribution in [1.29, 1.82) is 0 Å². The average Bonchev–Trinajstić information content (AvgIpc) is 2.68. The molecule has 1 atom stereocenters. The second-order valence-electron chi connectivity index (χ2n) is 6.22. The number of aryl methyl sites for hydroxylation is 1. The number of benzene rings is 3. The molecule has 0 heterocycles. The molecule has 0 spiro atoms. The van der Waals surface area contributed by atoms with E-state index in [1.807, 2.05) is 0 Å². The van der Waals surface area contributed by atoms with Gasteiger partial charge in [-0.05, 0) is 0 Å². The van der Waals surface area contributed by atoms with Crippen LogP contribution < -0.4 is 8.92 Å². The molecule has 0 amide bonds. The Morgan fingerprint density at radius 3 is 1.83 bits per heavy atom. The van der Waals surface area contributed by atoms with Crippen molar-refractivity contribution in [3.8, 4) is 0 Å². The van der Waals surface area contributed by atoms with Gasteiger partial charge in [0.2, 0.25) is 0 Å². The van der Waals surface area contributed by atoms with Gasteiger partial charge in [0, 0.05) is 0 Å². The van der Waals surface area contributed by atoms with Gasteiger partial charge in [-0.3, -0.25) is 0 Å². The third-order valence-corrected chi connectivity index (χ3v) is 11.7. The van der Waals surface area contributed by atoms with E-state index in [0.717, 1.165) is 29.8 Å². The van der Waals surface area contributed by atoms with E-state index in [2.05, 4.69) is 3.37 Å². The molecular formula is C20H16F3NO3SSe. The first-order valence-electron chi connectivity index (χ1n) is 8.35. The number of nitrogens with zero attached hydrogens (tertiary/aromatic N) is 1. The fraction of sp³-hybridized carbons (Fsp3) is 0.100. The Labute approximate surface area is 168 Å². The van der Waals surface area contributed by atoms with Crippen LogP contribution in [0.2, 0.25) is 0 Å². The molecule has 0 radical (unpaired) electrons. The van der Waals surface area contributed by atoms with Crippen molar-refractivity contribution in [2.24, 2.45) is 3.37 Å². The molecule has 4 nitrogen and oxygen atoms in total. The molecule has 9 heteroatoms. The molecule has 3 rings (SSSR count). The summed E-state index contributed by atoms with van der Waals surface area (Å²) in [6, 6.07) is 17.2. The molecule has 3 aromatic rings. The standard InChI is InChI=1S/C20H16F3NO3SSe/c1-15-7-11-17(12-8-15)28(25,26)24-29(27,18-5-3-2-4-6-18)19-13-9-16(10-14-19)20(21,22)23/h2-14H,1H3. The van der Waals surface area contributed by atoms with Crippen LogP contribution in [0.3, 0.4) is 0 Å². The van der Waals surface area contributed by atoms with E-state index in [4.69, 9.17) is 0 Å². The first kappa shape index (κ1) is 21.2. The molecule has 3 aromatic carbocycles. The number of hydrogen-bond donors (Lipinski definition) is 0. The van der Waals surface area contributed by atoms with Gasteiger partial charge in [0.05, 0.1) is 0 Å². The predicted molar refractivity (Wildman–Crippen MR) is 104 cm³/mol. The molecule has 0 bridgehead atoms. The Balaban J connectivity index is 2.24. The molecule has 0 aliphatic carbocycles. The number of rotatable bonds is 4. The number of hydrogen-bond acceptors (Lipinski definition) is 3. The zero-order valence-corrected chi connectivity index (χ0v) is 17.7. The molecule has 1 unspecified atom stereocenters. The van der Waals surface area contributed by atoms with Gasteiger partial charge in [0.1, 0.15) is 0 Å². The molecule has 0 saturated carbocycles. The average molecular weight is 486 g/mol. The first-order valence-corrected chi connectivity index (χ1v) is 13.0. The van der Waals surface area contributed by atoms with Gasteiger partial charge in [-0.25, -0.2) is 0 Å². The molecule has 29 heavy (non-hydrogen) atoms. The van der Waals surface area contributed by atoms with Crippen molar-refractivity contribution in [2.45, 2.75) is 18.0 Å². The monoisotopic (exact) mass is 487 g/mol. The van der Waals surface area contributed by atoms with Crippen LogP contribution in [0.4, 0.5) is 13.2 Å². The summed E-state index contributed by atoms with van der Waals surface area (Å²) in [4.78, 5) is -0.136. The molecule has 0 aliphatic rings. The van der Waals surface area contributed by atoms with Crippen LogP contribution in [-0.2, 0) is 20.0 Å². The number of halogens is 3. The van der Waals surface area contributed by atoms with Crippen molar-refractivity contribution in [2.75, 3.05) is 0 Å². The van der Waals surface area contributed by atoms with E-state index in [1.165, 1.54) is 24.3 Å². The van der Waals surface area contributed by atoms with Crippen LogP contribution in [0.25, 0.3) is 0 Å². The molecule has 0 fully saturated rings. The molecule has 152 valence electrons. The van der Waals surface area contributed by atoms with Crippen LogP contribution in [0.15, 0.2) is 87.1 Å². The molecule has 0 aliphatic heterocycles. The van der Waals surface area contributed by atoms with E-state index < -0.39 is 34.3 Å². The summed E-state index contributed by atoms with van der Waals surface area (Å²) < 4.78 is 82.0. The van der Waals surface area contributed by atoms with Gasteiger partial charge < -0.3 is 0 Å². The number of sulfonamides is 1. The quantitative estimate of drug-likeness (QED) is 0.529. The molecule has 0 saturated heterocycles. The summed E-state index contributed by atoms with van der Waals surface area (Å²) in [6.45, 7) is 1.79. The fourth-order valence-corrected chi connectivity index (χ4v) is 9.66. The van der Waals surface area contributed by atoms with Crippen molar-refractivity contribution in [3.05, 3.63) is 90.0 Å². The zero-order chi connectivity index (χ0) is 21.3. The molecular weight excluding hydrogens is 470 g/mol. The summed E-state index contributed by atoms with van der Waals surface area (Å²) in [7, 11) is -4.31. The van der Waals surface area contributed by atoms with E-state index in [1.54, 1.807) is 37.3 Å². The summed E-state index contributed by atoms with van der Waals surface area (Å²) >= 11 is -4.73. The van der Waals surface area contributed by atoms with E-state index in [-0.39, 0.29) is 13.8 Å². The normalized spacial score (nSPS) is 14.2. The Kier molecular flexibility index (Phi) is 5.67. The van der Waals surface area contributed by atoms with Crippen molar-refractivity contribution >= 4 is 31.5 Å².